The lowest BCUT2D eigenvalue weighted by molar-refractivity contribution is -0.133. The lowest BCUT2D eigenvalue weighted by Gasteiger charge is -2.26. The van der Waals surface area contributed by atoms with Crippen molar-refractivity contribution in [2.24, 2.45) is 5.73 Å². The summed E-state index contributed by atoms with van der Waals surface area (Å²) in [6, 6.07) is 15.4. The van der Waals surface area contributed by atoms with E-state index in [2.05, 4.69) is 10.1 Å². The minimum atomic E-state index is -1.90. The fourth-order valence-electron chi connectivity index (χ4n) is 2.35. The summed E-state index contributed by atoms with van der Waals surface area (Å²) in [6.07, 6.45) is 2.94. The largest absolute Gasteiger partial charge is 0.372 e. The summed E-state index contributed by atoms with van der Waals surface area (Å²) >= 11 is 0. The van der Waals surface area contributed by atoms with Crippen molar-refractivity contribution in [2.75, 3.05) is 0 Å². The number of rotatable bonds is 4. The fraction of sp³-hybridized carbons (Fsp3) is 0.0625. The summed E-state index contributed by atoms with van der Waals surface area (Å²) in [5, 5.41) is 15.0. The molecule has 1 aromatic heterocycles. The smallest absolute Gasteiger partial charge is 0.258 e. The summed E-state index contributed by atoms with van der Waals surface area (Å²) in [5.74, 6) is -0.838. The van der Waals surface area contributed by atoms with Gasteiger partial charge in [0.1, 0.15) is 12.7 Å². The van der Waals surface area contributed by atoms with Gasteiger partial charge in [0.05, 0.1) is 5.69 Å². The van der Waals surface area contributed by atoms with Crippen LogP contribution in [0.4, 0.5) is 0 Å². The van der Waals surface area contributed by atoms with E-state index in [1.165, 1.54) is 17.3 Å². The highest BCUT2D eigenvalue weighted by Crippen LogP contribution is 2.30. The highest BCUT2D eigenvalue weighted by atomic mass is 16.3. The second kappa shape index (κ2) is 5.42. The molecule has 0 radical (unpaired) electrons. The first kappa shape index (κ1) is 14.0. The van der Waals surface area contributed by atoms with E-state index in [0.717, 1.165) is 0 Å². The Kier molecular flexibility index (Phi) is 3.44. The molecular weight excluding hydrogens is 280 g/mol. The van der Waals surface area contributed by atoms with Gasteiger partial charge in [0.2, 0.25) is 0 Å². The third-order valence-corrected chi connectivity index (χ3v) is 3.50. The molecule has 0 aliphatic rings. The van der Waals surface area contributed by atoms with Gasteiger partial charge in [0.15, 0.2) is 5.60 Å². The normalized spacial score (nSPS) is 13.5. The Balaban J connectivity index is 2.14. The molecule has 3 rings (SSSR count). The Morgan fingerprint density at radius 2 is 1.82 bits per heavy atom. The van der Waals surface area contributed by atoms with Crippen LogP contribution in [-0.4, -0.2) is 25.8 Å². The average molecular weight is 294 g/mol. The third-order valence-electron chi connectivity index (χ3n) is 3.50. The van der Waals surface area contributed by atoms with Gasteiger partial charge >= 0.3 is 0 Å². The number of benzene rings is 2. The van der Waals surface area contributed by atoms with Crippen molar-refractivity contribution in [3.05, 3.63) is 78.4 Å². The van der Waals surface area contributed by atoms with Crippen LogP contribution in [0.15, 0.2) is 67.3 Å². The molecule has 6 nitrogen and oxygen atoms in total. The monoisotopic (exact) mass is 294 g/mol. The molecule has 0 aliphatic heterocycles. The highest BCUT2D eigenvalue weighted by Gasteiger charge is 2.38. The van der Waals surface area contributed by atoms with E-state index in [1.54, 1.807) is 54.6 Å². The maximum Gasteiger partial charge on any atom is 0.258 e. The molecule has 1 unspecified atom stereocenters. The van der Waals surface area contributed by atoms with Crippen molar-refractivity contribution in [1.82, 2.24) is 14.8 Å². The number of nitrogens with two attached hydrogens (primary N) is 1. The SMILES string of the molecule is NC(=O)C(O)(c1ccccc1)c1cccc(-n2cncn2)c1. The molecular formula is C16H14N4O2. The van der Waals surface area contributed by atoms with Crippen molar-refractivity contribution in [3.63, 3.8) is 0 Å². The fourth-order valence-corrected chi connectivity index (χ4v) is 2.35. The van der Waals surface area contributed by atoms with Crippen LogP contribution in [0, 0.1) is 0 Å². The molecule has 0 bridgehead atoms. The van der Waals surface area contributed by atoms with Crippen molar-refractivity contribution < 1.29 is 9.90 Å². The lowest BCUT2D eigenvalue weighted by Crippen LogP contribution is -2.42. The van der Waals surface area contributed by atoms with Crippen LogP contribution in [0.3, 0.4) is 0 Å². The zero-order valence-electron chi connectivity index (χ0n) is 11.6. The molecule has 3 aromatic rings. The Labute approximate surface area is 126 Å². The number of aliphatic hydroxyl groups is 1. The van der Waals surface area contributed by atoms with Crippen LogP contribution in [0.2, 0.25) is 0 Å². The minimum absolute atomic E-state index is 0.374. The molecule has 0 spiro atoms. The molecule has 0 saturated carbocycles. The van der Waals surface area contributed by atoms with Gasteiger partial charge in [-0.1, -0.05) is 42.5 Å². The highest BCUT2D eigenvalue weighted by molar-refractivity contribution is 5.88. The maximum atomic E-state index is 12.0. The summed E-state index contributed by atoms with van der Waals surface area (Å²) in [5.41, 5.74) is 5.04. The van der Waals surface area contributed by atoms with Crippen molar-refractivity contribution >= 4 is 5.91 Å². The predicted octanol–water partition coefficient (Wildman–Crippen LogP) is 0.988. The molecule has 0 aliphatic carbocycles. The predicted molar refractivity (Wildman–Crippen MR) is 80.0 cm³/mol. The van der Waals surface area contributed by atoms with Crippen LogP contribution in [0.25, 0.3) is 5.69 Å². The summed E-state index contributed by atoms with van der Waals surface area (Å²) in [4.78, 5) is 15.8. The number of carbonyl (C=O) groups is 1. The average Bonchev–Trinajstić information content (AvgIpc) is 3.09. The Morgan fingerprint density at radius 3 is 2.45 bits per heavy atom. The number of nitrogens with zero attached hydrogens (tertiary/aromatic N) is 3. The quantitative estimate of drug-likeness (QED) is 0.750. The van der Waals surface area contributed by atoms with E-state index in [4.69, 9.17) is 5.73 Å². The first-order valence-corrected chi connectivity index (χ1v) is 6.65. The molecule has 0 saturated heterocycles. The third kappa shape index (κ3) is 2.25. The summed E-state index contributed by atoms with van der Waals surface area (Å²) in [7, 11) is 0. The van der Waals surface area contributed by atoms with E-state index in [1.807, 2.05) is 0 Å². The van der Waals surface area contributed by atoms with Gasteiger partial charge in [-0.25, -0.2) is 9.67 Å². The van der Waals surface area contributed by atoms with E-state index in [0.29, 0.717) is 16.8 Å². The van der Waals surface area contributed by atoms with Crippen molar-refractivity contribution in [3.8, 4) is 5.69 Å². The molecule has 1 amide bonds. The van der Waals surface area contributed by atoms with Gasteiger partial charge in [-0.15, -0.1) is 0 Å². The standard InChI is InChI=1S/C16H14N4O2/c17-15(21)16(22,12-5-2-1-3-6-12)13-7-4-8-14(9-13)20-11-18-10-19-20/h1-11,22H,(H2,17,21). The van der Waals surface area contributed by atoms with Crippen molar-refractivity contribution in [1.29, 1.82) is 0 Å². The Hall–Kier alpha value is -2.99. The van der Waals surface area contributed by atoms with Crippen LogP contribution in [-0.2, 0) is 10.4 Å². The number of hydrogen-bond acceptors (Lipinski definition) is 4. The number of primary amides is 1. The first-order valence-electron chi connectivity index (χ1n) is 6.65. The van der Waals surface area contributed by atoms with Crippen LogP contribution in [0.1, 0.15) is 11.1 Å². The minimum Gasteiger partial charge on any atom is -0.372 e. The van der Waals surface area contributed by atoms with E-state index in [-0.39, 0.29) is 0 Å². The van der Waals surface area contributed by atoms with E-state index in [9.17, 15) is 9.90 Å². The lowest BCUT2D eigenvalue weighted by atomic mass is 9.85. The molecule has 22 heavy (non-hydrogen) atoms. The molecule has 110 valence electrons. The molecule has 1 heterocycles. The van der Waals surface area contributed by atoms with Gasteiger partial charge in [0, 0.05) is 0 Å². The number of aromatic nitrogens is 3. The molecule has 3 N–H and O–H groups in total. The molecule has 2 aromatic carbocycles. The van der Waals surface area contributed by atoms with Crippen LogP contribution >= 0.6 is 0 Å². The van der Waals surface area contributed by atoms with Crippen molar-refractivity contribution in [2.45, 2.75) is 5.60 Å². The zero-order valence-corrected chi connectivity index (χ0v) is 11.6. The van der Waals surface area contributed by atoms with Gasteiger partial charge in [-0.2, -0.15) is 5.10 Å². The number of amides is 1. The number of carbonyl (C=O) groups excluding carboxylic acids is 1. The van der Waals surface area contributed by atoms with Gasteiger partial charge < -0.3 is 10.8 Å². The molecule has 6 heteroatoms. The van der Waals surface area contributed by atoms with Crippen LogP contribution < -0.4 is 5.73 Å². The second-order valence-electron chi connectivity index (χ2n) is 4.83. The molecule has 0 fully saturated rings. The number of hydrogen-bond donors (Lipinski definition) is 2. The van der Waals surface area contributed by atoms with Gasteiger partial charge in [-0.05, 0) is 23.3 Å². The second-order valence-corrected chi connectivity index (χ2v) is 4.83. The van der Waals surface area contributed by atoms with Gasteiger partial charge in [-0.3, -0.25) is 4.79 Å². The van der Waals surface area contributed by atoms with Gasteiger partial charge in [0.25, 0.3) is 5.91 Å². The maximum absolute atomic E-state index is 12.0. The summed E-state index contributed by atoms with van der Waals surface area (Å²) in [6.45, 7) is 0. The van der Waals surface area contributed by atoms with E-state index >= 15 is 0 Å². The zero-order chi connectivity index (χ0) is 15.6. The Morgan fingerprint density at radius 1 is 1.09 bits per heavy atom. The van der Waals surface area contributed by atoms with E-state index < -0.39 is 11.5 Å². The summed E-state index contributed by atoms with van der Waals surface area (Å²) < 4.78 is 1.54. The Bertz CT molecular complexity index is 787. The first-order chi connectivity index (χ1) is 10.6. The van der Waals surface area contributed by atoms with Crippen LogP contribution in [0.5, 0.6) is 0 Å². The topological polar surface area (TPSA) is 94.0 Å². The molecule has 1 atom stereocenters.